The summed E-state index contributed by atoms with van der Waals surface area (Å²) in [7, 11) is 0. The van der Waals surface area contributed by atoms with E-state index in [0.717, 1.165) is 0 Å². The molecule has 0 amide bonds. The number of aryl methyl sites for hydroxylation is 3. The van der Waals surface area contributed by atoms with E-state index in [-0.39, 0.29) is 16.7 Å². The minimum absolute atomic E-state index is 0.0185. The average Bonchev–Trinajstić information content (AvgIpc) is 2.42. The maximum Gasteiger partial charge on any atom is 0.305 e. The number of hydrogen-bond acceptors (Lipinski definition) is 2. The van der Waals surface area contributed by atoms with Gasteiger partial charge in [0.1, 0.15) is 17.5 Å². The highest BCUT2D eigenvalue weighted by Crippen LogP contribution is 2.35. The van der Waals surface area contributed by atoms with Crippen molar-refractivity contribution in [2.75, 3.05) is 0 Å². The largest absolute Gasteiger partial charge is 0.481 e. The predicted molar refractivity (Wildman–Crippen MR) is 85.1 cm³/mol. The van der Waals surface area contributed by atoms with Gasteiger partial charge in [0, 0.05) is 22.7 Å². The van der Waals surface area contributed by atoms with Crippen LogP contribution in [0, 0.1) is 38.2 Å². The first-order valence-corrected chi connectivity index (χ1v) is 7.36. The molecule has 2 rings (SSSR count). The van der Waals surface area contributed by atoms with Crippen LogP contribution in [-0.2, 0) is 4.79 Å². The molecule has 0 heterocycles. The second kappa shape index (κ2) is 6.65. The van der Waals surface area contributed by atoms with Crippen molar-refractivity contribution in [1.82, 2.24) is 0 Å². The van der Waals surface area contributed by atoms with E-state index in [2.05, 4.69) is 0 Å². The van der Waals surface area contributed by atoms with Crippen LogP contribution in [0.1, 0.15) is 34.7 Å². The number of carboxylic acids is 1. The molecular weight excluding hydrogens is 319 g/mol. The van der Waals surface area contributed by atoms with Gasteiger partial charge < -0.3 is 10.8 Å². The maximum atomic E-state index is 14.9. The van der Waals surface area contributed by atoms with E-state index >= 15 is 0 Å². The fourth-order valence-corrected chi connectivity index (χ4v) is 2.85. The van der Waals surface area contributed by atoms with E-state index < -0.39 is 41.4 Å². The van der Waals surface area contributed by atoms with E-state index in [9.17, 15) is 18.0 Å². The molecule has 2 aromatic carbocycles. The molecule has 0 fully saturated rings. The number of rotatable bonds is 4. The molecule has 1 atom stereocenters. The highest BCUT2D eigenvalue weighted by Gasteiger charge is 2.26. The highest BCUT2D eigenvalue weighted by atomic mass is 19.1. The molecule has 0 saturated carbocycles. The Balaban J connectivity index is 2.74. The first-order valence-electron chi connectivity index (χ1n) is 7.36. The summed E-state index contributed by atoms with van der Waals surface area (Å²) in [6, 6.07) is 2.79. The third kappa shape index (κ3) is 3.28. The van der Waals surface area contributed by atoms with Gasteiger partial charge in [0.2, 0.25) is 0 Å². The number of nitrogens with two attached hydrogens (primary N) is 1. The van der Waals surface area contributed by atoms with Gasteiger partial charge in [-0.1, -0.05) is 6.07 Å². The highest BCUT2D eigenvalue weighted by molar-refractivity contribution is 5.72. The Kier molecular flexibility index (Phi) is 4.99. The van der Waals surface area contributed by atoms with Gasteiger partial charge in [0.25, 0.3) is 0 Å². The van der Waals surface area contributed by atoms with E-state index in [0.29, 0.717) is 11.1 Å². The van der Waals surface area contributed by atoms with Crippen molar-refractivity contribution in [1.29, 1.82) is 0 Å². The lowest BCUT2D eigenvalue weighted by atomic mass is 9.91. The van der Waals surface area contributed by atoms with E-state index in [1.165, 1.54) is 19.1 Å². The van der Waals surface area contributed by atoms with Crippen molar-refractivity contribution >= 4 is 5.97 Å². The van der Waals surface area contributed by atoms with Crippen molar-refractivity contribution < 1.29 is 23.1 Å². The Labute approximate surface area is 137 Å². The lowest BCUT2D eigenvalue weighted by molar-refractivity contribution is -0.137. The molecule has 2 aromatic rings. The van der Waals surface area contributed by atoms with Crippen LogP contribution in [0.3, 0.4) is 0 Å². The van der Waals surface area contributed by atoms with Crippen molar-refractivity contribution in [3.05, 3.63) is 57.9 Å². The molecule has 0 spiro atoms. The molecule has 0 aliphatic carbocycles. The molecule has 128 valence electrons. The molecule has 0 aliphatic heterocycles. The average molecular weight is 337 g/mol. The Bertz CT molecular complexity index is 795. The van der Waals surface area contributed by atoms with Gasteiger partial charge in [0.05, 0.1) is 6.42 Å². The Morgan fingerprint density at radius 1 is 1.08 bits per heavy atom. The third-order valence-corrected chi connectivity index (χ3v) is 3.88. The summed E-state index contributed by atoms with van der Waals surface area (Å²) >= 11 is 0. The van der Waals surface area contributed by atoms with Gasteiger partial charge in [0.15, 0.2) is 0 Å². The summed E-state index contributed by atoms with van der Waals surface area (Å²) < 4.78 is 43.6. The summed E-state index contributed by atoms with van der Waals surface area (Å²) in [5.74, 6) is -3.84. The lowest BCUT2D eigenvalue weighted by Crippen LogP contribution is -2.19. The van der Waals surface area contributed by atoms with Crippen molar-refractivity contribution in [2.45, 2.75) is 33.2 Å². The second-order valence-electron chi connectivity index (χ2n) is 5.93. The molecule has 1 unspecified atom stereocenters. The normalized spacial score (nSPS) is 12.3. The standard InChI is InChI=1S/C18H18F3NO2/c1-8-4-9(2)15(12(19)5-8)11-6-10(3)17(20)16(18(11)21)13(22)7-14(23)24/h4-6,13H,7,22H2,1-3H3,(H,23,24). The van der Waals surface area contributed by atoms with Crippen LogP contribution in [0.5, 0.6) is 0 Å². The fourth-order valence-electron chi connectivity index (χ4n) is 2.85. The summed E-state index contributed by atoms with van der Waals surface area (Å²) in [5.41, 5.74) is 6.26. The summed E-state index contributed by atoms with van der Waals surface area (Å²) in [6.07, 6.45) is -0.633. The van der Waals surface area contributed by atoms with Crippen LogP contribution in [0.2, 0.25) is 0 Å². The Morgan fingerprint density at radius 3 is 2.25 bits per heavy atom. The van der Waals surface area contributed by atoms with Gasteiger partial charge >= 0.3 is 5.97 Å². The summed E-state index contributed by atoms with van der Waals surface area (Å²) in [4.78, 5) is 10.8. The molecule has 3 nitrogen and oxygen atoms in total. The fraction of sp³-hybridized carbons (Fsp3) is 0.278. The van der Waals surface area contributed by atoms with E-state index in [1.807, 2.05) is 0 Å². The number of aliphatic carboxylic acids is 1. The van der Waals surface area contributed by atoms with Crippen LogP contribution in [0.15, 0.2) is 18.2 Å². The van der Waals surface area contributed by atoms with Crippen LogP contribution >= 0.6 is 0 Å². The molecule has 6 heteroatoms. The summed E-state index contributed by atoms with van der Waals surface area (Å²) in [5, 5.41) is 8.82. The topological polar surface area (TPSA) is 63.3 Å². The molecule has 24 heavy (non-hydrogen) atoms. The van der Waals surface area contributed by atoms with E-state index in [4.69, 9.17) is 10.8 Å². The number of benzene rings is 2. The maximum absolute atomic E-state index is 14.9. The molecule has 0 aliphatic rings. The van der Waals surface area contributed by atoms with Crippen molar-refractivity contribution in [3.8, 4) is 11.1 Å². The zero-order chi connectivity index (χ0) is 18.2. The molecule has 0 aromatic heterocycles. The number of carbonyl (C=O) groups is 1. The quantitative estimate of drug-likeness (QED) is 0.880. The monoisotopic (exact) mass is 337 g/mol. The van der Waals surface area contributed by atoms with Gasteiger partial charge in [-0.25, -0.2) is 13.2 Å². The second-order valence-corrected chi connectivity index (χ2v) is 5.93. The summed E-state index contributed by atoms with van der Waals surface area (Å²) in [6.45, 7) is 4.73. The first-order chi connectivity index (χ1) is 11.1. The molecular formula is C18H18F3NO2. The van der Waals surface area contributed by atoms with Crippen LogP contribution in [0.25, 0.3) is 11.1 Å². The van der Waals surface area contributed by atoms with Gasteiger partial charge in [-0.3, -0.25) is 4.79 Å². The van der Waals surface area contributed by atoms with E-state index in [1.54, 1.807) is 19.9 Å². The first kappa shape index (κ1) is 18.0. The number of halogens is 3. The van der Waals surface area contributed by atoms with Crippen LogP contribution in [0.4, 0.5) is 13.2 Å². The van der Waals surface area contributed by atoms with Crippen LogP contribution in [-0.4, -0.2) is 11.1 Å². The Morgan fingerprint density at radius 2 is 1.71 bits per heavy atom. The van der Waals surface area contributed by atoms with Crippen LogP contribution < -0.4 is 5.73 Å². The van der Waals surface area contributed by atoms with Gasteiger partial charge in [-0.05, 0) is 49.6 Å². The molecule has 0 saturated heterocycles. The molecule has 0 bridgehead atoms. The zero-order valence-electron chi connectivity index (χ0n) is 13.6. The van der Waals surface area contributed by atoms with Crippen molar-refractivity contribution in [2.24, 2.45) is 5.73 Å². The smallest absolute Gasteiger partial charge is 0.305 e. The molecule has 3 N–H and O–H groups in total. The lowest BCUT2D eigenvalue weighted by Gasteiger charge is -2.18. The number of hydrogen-bond donors (Lipinski definition) is 2. The number of carboxylic acid groups (broad SMARTS) is 1. The minimum atomic E-state index is -1.37. The van der Waals surface area contributed by atoms with Gasteiger partial charge in [-0.15, -0.1) is 0 Å². The SMILES string of the molecule is Cc1cc(C)c(-c2cc(C)c(F)c(C(N)CC(=O)O)c2F)c(F)c1. The molecule has 0 radical (unpaired) electrons. The predicted octanol–water partition coefficient (Wildman–Crippen LogP) is 4.17. The minimum Gasteiger partial charge on any atom is -0.481 e. The zero-order valence-corrected chi connectivity index (χ0v) is 13.6. The third-order valence-electron chi connectivity index (χ3n) is 3.88. The Hall–Kier alpha value is -2.34. The van der Waals surface area contributed by atoms with Gasteiger partial charge in [-0.2, -0.15) is 0 Å². The van der Waals surface area contributed by atoms with Crippen molar-refractivity contribution in [3.63, 3.8) is 0 Å².